The summed E-state index contributed by atoms with van der Waals surface area (Å²) >= 11 is 5.85. The molecule has 1 aromatic rings. The molecular formula is C23H38ClFN2O. The predicted octanol–water partition coefficient (Wildman–Crippen LogP) is 6.57. The lowest BCUT2D eigenvalue weighted by molar-refractivity contribution is -0.122. The highest BCUT2D eigenvalue weighted by atomic mass is 35.5. The van der Waals surface area contributed by atoms with Crippen LogP contribution in [-0.2, 0) is 4.79 Å². The lowest BCUT2D eigenvalue weighted by Gasteiger charge is -2.19. The Morgan fingerprint density at radius 3 is 2.11 bits per heavy atom. The monoisotopic (exact) mass is 412 g/mol. The highest BCUT2D eigenvalue weighted by Crippen LogP contribution is 2.19. The number of nitrogens with one attached hydrogen (secondary N) is 2. The van der Waals surface area contributed by atoms with Crippen LogP contribution in [0.15, 0.2) is 24.8 Å². The van der Waals surface area contributed by atoms with Crippen molar-refractivity contribution in [3.05, 3.63) is 41.2 Å². The van der Waals surface area contributed by atoms with Crippen molar-refractivity contribution >= 4 is 23.2 Å². The van der Waals surface area contributed by atoms with Crippen LogP contribution in [0, 0.1) is 11.7 Å². The predicted molar refractivity (Wildman–Crippen MR) is 120 cm³/mol. The van der Waals surface area contributed by atoms with Crippen molar-refractivity contribution in [1.82, 2.24) is 10.6 Å². The van der Waals surface area contributed by atoms with E-state index in [1.165, 1.54) is 37.8 Å². The van der Waals surface area contributed by atoms with Gasteiger partial charge in [-0.3, -0.25) is 4.79 Å². The number of hydrogen-bond donors (Lipinski definition) is 2. The Hall–Kier alpha value is -1.55. The summed E-state index contributed by atoms with van der Waals surface area (Å²) in [5.41, 5.74) is 1.38. The third-order valence-electron chi connectivity index (χ3n) is 4.04. The average molecular weight is 413 g/mol. The van der Waals surface area contributed by atoms with Gasteiger partial charge < -0.3 is 10.6 Å². The van der Waals surface area contributed by atoms with Crippen LogP contribution in [0.5, 0.6) is 0 Å². The molecule has 0 unspecified atom stereocenters. The molecule has 0 aliphatic carbocycles. The fourth-order valence-electron chi connectivity index (χ4n) is 2.77. The molecule has 1 amide bonds. The summed E-state index contributed by atoms with van der Waals surface area (Å²) in [5, 5.41) is 6.53. The van der Waals surface area contributed by atoms with Crippen molar-refractivity contribution in [3.63, 3.8) is 0 Å². The molecule has 0 aliphatic heterocycles. The van der Waals surface area contributed by atoms with Gasteiger partial charge in [0.05, 0.1) is 0 Å². The lowest BCUT2D eigenvalue weighted by atomic mass is 9.98. The topological polar surface area (TPSA) is 41.1 Å². The molecule has 28 heavy (non-hydrogen) atoms. The number of amides is 1. The van der Waals surface area contributed by atoms with Gasteiger partial charge in [0.15, 0.2) is 0 Å². The molecule has 0 atom stereocenters. The molecule has 3 nitrogen and oxygen atoms in total. The molecule has 1 aromatic carbocycles. The summed E-state index contributed by atoms with van der Waals surface area (Å²) in [5.74, 6) is 0.433. The van der Waals surface area contributed by atoms with Crippen LogP contribution in [0.4, 0.5) is 4.39 Å². The standard InChI is InChI=1S/C16H23ClFN.C7H15NO/c1-4-6-13(7-5-2)11-19-12(3)14-8-15(17)10-16(18)9-14;1-5-6(9)8-7(2,3)4/h8-10,13,19H,3-7,11H2,1-2H3;5H2,1-4H3,(H,8,9). The third-order valence-corrected chi connectivity index (χ3v) is 4.26. The molecule has 1 rings (SSSR count). The molecule has 0 aliphatic rings. The maximum atomic E-state index is 13.3. The van der Waals surface area contributed by atoms with E-state index in [4.69, 9.17) is 11.6 Å². The largest absolute Gasteiger partial charge is 0.385 e. The van der Waals surface area contributed by atoms with Crippen LogP contribution < -0.4 is 10.6 Å². The minimum atomic E-state index is -0.330. The zero-order valence-electron chi connectivity index (χ0n) is 18.4. The maximum absolute atomic E-state index is 13.3. The molecular weight excluding hydrogens is 375 g/mol. The summed E-state index contributed by atoms with van der Waals surface area (Å²) in [6.07, 6.45) is 5.35. The van der Waals surface area contributed by atoms with Crippen molar-refractivity contribution in [2.45, 2.75) is 79.2 Å². The molecule has 0 spiro atoms. The van der Waals surface area contributed by atoms with Crippen LogP contribution in [-0.4, -0.2) is 18.0 Å². The second kappa shape index (κ2) is 13.6. The van der Waals surface area contributed by atoms with E-state index in [-0.39, 0.29) is 17.3 Å². The quantitative estimate of drug-likeness (QED) is 0.481. The summed E-state index contributed by atoms with van der Waals surface area (Å²) in [6, 6.07) is 4.49. The first-order valence-corrected chi connectivity index (χ1v) is 10.6. The van der Waals surface area contributed by atoms with E-state index < -0.39 is 0 Å². The Morgan fingerprint density at radius 2 is 1.71 bits per heavy atom. The Kier molecular flexibility index (Phi) is 12.8. The molecule has 0 aromatic heterocycles. The fraction of sp³-hybridized carbons (Fsp3) is 0.609. The number of halogens is 2. The van der Waals surface area contributed by atoms with Gasteiger partial charge in [0.25, 0.3) is 0 Å². The molecule has 160 valence electrons. The number of benzene rings is 1. The molecule has 5 heteroatoms. The summed E-state index contributed by atoms with van der Waals surface area (Å²) in [4.78, 5) is 10.7. The summed E-state index contributed by atoms with van der Waals surface area (Å²) in [7, 11) is 0. The number of rotatable bonds is 9. The Labute approximate surface area is 176 Å². The highest BCUT2D eigenvalue weighted by molar-refractivity contribution is 6.30. The van der Waals surface area contributed by atoms with Gasteiger partial charge in [-0.15, -0.1) is 0 Å². The Bertz CT molecular complexity index is 585. The summed E-state index contributed by atoms with van der Waals surface area (Å²) < 4.78 is 13.3. The zero-order chi connectivity index (χ0) is 21.7. The van der Waals surface area contributed by atoms with Gasteiger partial charge in [-0.25, -0.2) is 4.39 Å². The third kappa shape index (κ3) is 12.8. The second-order valence-corrected chi connectivity index (χ2v) is 8.55. The number of carbonyl (C=O) groups is 1. The van der Waals surface area contributed by atoms with E-state index >= 15 is 0 Å². The van der Waals surface area contributed by atoms with Gasteiger partial charge in [-0.2, -0.15) is 0 Å². The molecule has 0 saturated carbocycles. The number of hydrogen-bond acceptors (Lipinski definition) is 2. The van der Waals surface area contributed by atoms with Gasteiger partial charge in [0, 0.05) is 34.8 Å². The van der Waals surface area contributed by atoms with Crippen LogP contribution in [0.2, 0.25) is 5.02 Å². The SMILES string of the molecule is C=C(NCC(CCC)CCC)c1cc(F)cc(Cl)c1.CCC(=O)NC(C)(C)C. The minimum absolute atomic E-state index is 0.0763. The van der Waals surface area contributed by atoms with Crippen molar-refractivity contribution < 1.29 is 9.18 Å². The van der Waals surface area contributed by atoms with Crippen molar-refractivity contribution in [1.29, 1.82) is 0 Å². The van der Waals surface area contributed by atoms with Gasteiger partial charge in [0.1, 0.15) is 5.82 Å². The van der Waals surface area contributed by atoms with E-state index in [9.17, 15) is 9.18 Å². The van der Waals surface area contributed by atoms with Gasteiger partial charge in [-0.1, -0.05) is 51.8 Å². The van der Waals surface area contributed by atoms with Gasteiger partial charge in [0.2, 0.25) is 5.91 Å². The van der Waals surface area contributed by atoms with Crippen molar-refractivity contribution in [2.24, 2.45) is 5.92 Å². The first kappa shape index (κ1) is 26.4. The van der Waals surface area contributed by atoms with E-state index in [2.05, 4.69) is 31.1 Å². The highest BCUT2D eigenvalue weighted by Gasteiger charge is 2.11. The fourth-order valence-corrected chi connectivity index (χ4v) is 2.99. The molecule has 0 heterocycles. The molecule has 0 saturated heterocycles. The van der Waals surface area contributed by atoms with E-state index in [0.717, 1.165) is 17.8 Å². The maximum Gasteiger partial charge on any atom is 0.220 e. The number of carbonyl (C=O) groups excluding carboxylic acids is 1. The molecule has 0 fully saturated rings. The normalized spacial score (nSPS) is 10.9. The van der Waals surface area contributed by atoms with E-state index in [1.807, 2.05) is 27.7 Å². The van der Waals surface area contributed by atoms with Gasteiger partial charge >= 0.3 is 0 Å². The summed E-state index contributed by atoms with van der Waals surface area (Å²) in [6.45, 7) is 17.0. The van der Waals surface area contributed by atoms with Crippen LogP contribution in [0.1, 0.15) is 79.2 Å². The van der Waals surface area contributed by atoms with E-state index in [0.29, 0.717) is 17.4 Å². The van der Waals surface area contributed by atoms with Gasteiger partial charge in [-0.05, 0) is 57.7 Å². The molecule has 0 radical (unpaired) electrons. The second-order valence-electron chi connectivity index (χ2n) is 8.11. The lowest BCUT2D eigenvalue weighted by Crippen LogP contribution is -2.40. The van der Waals surface area contributed by atoms with E-state index in [1.54, 1.807) is 6.07 Å². The average Bonchev–Trinajstić information content (AvgIpc) is 2.58. The van der Waals surface area contributed by atoms with Crippen LogP contribution in [0.3, 0.4) is 0 Å². The van der Waals surface area contributed by atoms with Crippen LogP contribution in [0.25, 0.3) is 5.70 Å². The Balaban J connectivity index is 0.000000684. The molecule has 0 bridgehead atoms. The van der Waals surface area contributed by atoms with Crippen molar-refractivity contribution in [3.8, 4) is 0 Å². The van der Waals surface area contributed by atoms with Crippen molar-refractivity contribution in [2.75, 3.05) is 6.54 Å². The zero-order valence-corrected chi connectivity index (χ0v) is 19.2. The first-order chi connectivity index (χ1) is 13.0. The molecule has 2 N–H and O–H groups in total. The smallest absolute Gasteiger partial charge is 0.220 e. The minimum Gasteiger partial charge on any atom is -0.385 e. The first-order valence-electron chi connectivity index (χ1n) is 10.2. The van der Waals surface area contributed by atoms with Crippen LogP contribution >= 0.6 is 11.6 Å². The Morgan fingerprint density at radius 1 is 1.14 bits per heavy atom.